The molecular weight excluding hydrogens is 495 g/mol. The summed E-state index contributed by atoms with van der Waals surface area (Å²) in [6.07, 6.45) is 4.77. The number of nitriles is 1. The molecule has 0 saturated carbocycles. The molecule has 0 amide bonds. The maximum Gasteiger partial charge on any atom is 0.192 e. The molecule has 208 valence electrons. The van der Waals surface area contributed by atoms with Crippen molar-refractivity contribution >= 4 is 16.4 Å². The van der Waals surface area contributed by atoms with E-state index in [9.17, 15) is 5.26 Å². The maximum absolute atomic E-state index is 10.5. The van der Waals surface area contributed by atoms with Crippen molar-refractivity contribution in [3.8, 4) is 6.07 Å². The Morgan fingerprint density at radius 3 is 2.32 bits per heavy atom. The summed E-state index contributed by atoms with van der Waals surface area (Å²) in [5, 5.41) is 10.5. The fraction of sp³-hybridized carbons (Fsp3) is 0.700. The smallest absolute Gasteiger partial charge is 0.192 e. The van der Waals surface area contributed by atoms with Gasteiger partial charge in [0.15, 0.2) is 19.7 Å². The molecule has 0 spiro atoms. The van der Waals surface area contributed by atoms with Crippen molar-refractivity contribution in [1.82, 2.24) is 0 Å². The Hall–Kier alpha value is -1.28. The first kappa shape index (κ1) is 31.9. The Labute approximate surface area is 228 Å². The number of hydrogen-bond donors (Lipinski definition) is 0. The third-order valence-electron chi connectivity index (χ3n) is 7.27. The van der Waals surface area contributed by atoms with Crippen LogP contribution in [0.2, 0.25) is 37.8 Å². The first-order chi connectivity index (χ1) is 17.4. The molecule has 5 nitrogen and oxygen atoms in total. The third-order valence-corrected chi connectivity index (χ3v) is 13.2. The lowest BCUT2D eigenvalue weighted by Gasteiger charge is -2.46. The molecule has 1 aliphatic heterocycles. The van der Waals surface area contributed by atoms with Gasteiger partial charge in [0.05, 0.1) is 33.0 Å². The van der Waals surface area contributed by atoms with Gasteiger partial charge in [0.25, 0.3) is 0 Å². The Morgan fingerprint density at radius 1 is 1.11 bits per heavy atom. The van der Waals surface area contributed by atoms with Gasteiger partial charge in [-0.2, -0.15) is 5.26 Å². The summed E-state index contributed by atoms with van der Waals surface area (Å²) in [6.45, 7) is 18.8. The molecule has 0 N–H and O–H groups in total. The second-order valence-electron chi connectivity index (χ2n) is 12.1. The van der Waals surface area contributed by atoms with E-state index in [4.69, 9.17) is 18.6 Å². The zero-order valence-electron chi connectivity index (χ0n) is 24.6. The van der Waals surface area contributed by atoms with Crippen LogP contribution in [-0.2, 0) is 25.2 Å². The lowest BCUT2D eigenvalue weighted by Crippen LogP contribution is -2.54. The monoisotopic (exact) mass is 545 g/mol. The van der Waals surface area contributed by atoms with Crippen molar-refractivity contribution in [2.45, 2.75) is 128 Å². The fourth-order valence-corrected chi connectivity index (χ4v) is 8.92. The Kier molecular flexibility index (Phi) is 12.3. The molecule has 0 bridgehead atoms. The van der Waals surface area contributed by atoms with E-state index in [1.54, 1.807) is 0 Å². The predicted molar refractivity (Wildman–Crippen MR) is 158 cm³/mol. The second kappa shape index (κ2) is 14.2. The second-order valence-corrected chi connectivity index (χ2v) is 21.9. The van der Waals surface area contributed by atoms with Crippen molar-refractivity contribution in [3.63, 3.8) is 0 Å². The van der Waals surface area contributed by atoms with Crippen LogP contribution in [0, 0.1) is 11.3 Å². The molecular formula is C30H51NO4Si2. The van der Waals surface area contributed by atoms with Gasteiger partial charge >= 0.3 is 0 Å². The third kappa shape index (κ3) is 10.8. The molecule has 2 rings (SSSR count). The van der Waals surface area contributed by atoms with E-state index >= 15 is 0 Å². The average molecular weight is 546 g/mol. The van der Waals surface area contributed by atoms with Crippen LogP contribution in [0.3, 0.4) is 0 Å². The van der Waals surface area contributed by atoms with Crippen LogP contribution in [0.15, 0.2) is 42.1 Å². The van der Waals surface area contributed by atoms with Gasteiger partial charge in [-0.1, -0.05) is 82.5 Å². The van der Waals surface area contributed by atoms with Gasteiger partial charge in [0, 0.05) is 19.4 Å². The average Bonchev–Trinajstić information content (AvgIpc) is 2.84. The minimum Gasteiger partial charge on any atom is -0.413 e. The van der Waals surface area contributed by atoms with Crippen molar-refractivity contribution in [2.75, 3.05) is 6.61 Å². The number of nitrogens with zero attached hydrogens (tertiary/aromatic N) is 1. The molecule has 1 fully saturated rings. The Morgan fingerprint density at radius 2 is 1.76 bits per heavy atom. The standard InChI is InChI=1S/C30H51NO4Si2/c1-9-37(10-2,11-3)34-28(18-15-21-36(6,7)8)23-30(25-31)22-27(33-29(4,5)35-30)19-20-32-24-26-16-13-12-14-17-26/h12-17,21,27-28H,9-11,18-20,22-24H2,1-8H3/b21-15+/t27-,28+,30-/m1/s1. The first-order valence-electron chi connectivity index (χ1n) is 14.2. The summed E-state index contributed by atoms with van der Waals surface area (Å²) in [5.41, 5.74) is 2.60. The maximum atomic E-state index is 10.5. The van der Waals surface area contributed by atoms with Crippen LogP contribution in [0.4, 0.5) is 0 Å². The minimum atomic E-state index is -1.86. The van der Waals surface area contributed by atoms with E-state index in [1.807, 2.05) is 32.0 Å². The van der Waals surface area contributed by atoms with Crippen LogP contribution in [0.1, 0.15) is 65.9 Å². The van der Waals surface area contributed by atoms with Crippen LogP contribution in [0.5, 0.6) is 0 Å². The van der Waals surface area contributed by atoms with Gasteiger partial charge in [0.1, 0.15) is 0 Å². The highest BCUT2D eigenvalue weighted by molar-refractivity contribution is 6.80. The van der Waals surface area contributed by atoms with Gasteiger partial charge in [-0.25, -0.2) is 0 Å². The number of rotatable bonds is 15. The zero-order chi connectivity index (χ0) is 27.6. The Balaban J connectivity index is 2.15. The first-order valence-corrected chi connectivity index (χ1v) is 20.3. The van der Waals surface area contributed by atoms with E-state index in [1.165, 1.54) is 0 Å². The number of hydrogen-bond acceptors (Lipinski definition) is 5. The molecule has 37 heavy (non-hydrogen) atoms. The SMILES string of the molecule is CC[Si](CC)(CC)O[C@@H](C/C=C/[Si](C)(C)C)C[C@@]1(C#N)C[C@@H](CCOCc2ccccc2)OC(C)(C)O1. The summed E-state index contributed by atoms with van der Waals surface area (Å²) in [6, 6.07) is 16.0. The summed E-state index contributed by atoms with van der Waals surface area (Å²) < 4.78 is 25.6. The molecule has 1 aromatic carbocycles. The molecule has 0 radical (unpaired) electrons. The molecule has 1 aliphatic rings. The lowest BCUT2D eigenvalue weighted by molar-refractivity contribution is -0.324. The number of ether oxygens (including phenoxy) is 3. The van der Waals surface area contributed by atoms with Gasteiger partial charge in [-0.3, -0.25) is 0 Å². The summed E-state index contributed by atoms with van der Waals surface area (Å²) in [7, 11) is -3.18. The van der Waals surface area contributed by atoms with Crippen molar-refractivity contribution in [1.29, 1.82) is 5.26 Å². The van der Waals surface area contributed by atoms with Crippen LogP contribution >= 0.6 is 0 Å². The van der Waals surface area contributed by atoms with Crippen molar-refractivity contribution in [2.24, 2.45) is 0 Å². The van der Waals surface area contributed by atoms with Gasteiger partial charge in [0.2, 0.25) is 0 Å². The predicted octanol–water partition coefficient (Wildman–Crippen LogP) is 8.00. The molecule has 1 heterocycles. The van der Waals surface area contributed by atoms with E-state index in [2.05, 4.69) is 70.4 Å². The van der Waals surface area contributed by atoms with Crippen molar-refractivity contribution < 1.29 is 18.6 Å². The zero-order valence-corrected chi connectivity index (χ0v) is 26.6. The van der Waals surface area contributed by atoms with Crippen LogP contribution in [-0.4, -0.2) is 46.6 Å². The highest BCUT2D eigenvalue weighted by atomic mass is 28.4. The summed E-state index contributed by atoms with van der Waals surface area (Å²) >= 11 is 0. The molecule has 0 unspecified atom stereocenters. The van der Waals surface area contributed by atoms with Gasteiger partial charge < -0.3 is 18.6 Å². The van der Waals surface area contributed by atoms with Gasteiger partial charge in [-0.05, 0) is 50.4 Å². The van der Waals surface area contributed by atoms with E-state index < -0.39 is 27.8 Å². The molecule has 3 atom stereocenters. The van der Waals surface area contributed by atoms with Crippen LogP contribution < -0.4 is 0 Å². The minimum absolute atomic E-state index is 0.0392. The van der Waals surface area contributed by atoms with Gasteiger partial charge in [-0.15, -0.1) is 0 Å². The topological polar surface area (TPSA) is 60.7 Å². The van der Waals surface area contributed by atoms with Crippen molar-refractivity contribution in [3.05, 3.63) is 47.7 Å². The Bertz CT molecular complexity index is 866. The highest BCUT2D eigenvalue weighted by Crippen LogP contribution is 2.40. The number of benzene rings is 1. The molecule has 1 aromatic rings. The highest BCUT2D eigenvalue weighted by Gasteiger charge is 2.48. The lowest BCUT2D eigenvalue weighted by atomic mass is 9.87. The van der Waals surface area contributed by atoms with E-state index in [0.29, 0.717) is 26.1 Å². The fourth-order valence-electron chi connectivity index (χ4n) is 5.19. The molecule has 0 aliphatic carbocycles. The molecule has 7 heteroatoms. The van der Waals surface area contributed by atoms with E-state index in [-0.39, 0.29) is 12.2 Å². The molecule has 1 saturated heterocycles. The largest absolute Gasteiger partial charge is 0.413 e. The summed E-state index contributed by atoms with van der Waals surface area (Å²) in [4.78, 5) is 0. The van der Waals surface area contributed by atoms with E-state index in [0.717, 1.165) is 36.5 Å². The molecule has 0 aromatic heterocycles. The normalized spacial score (nSPS) is 23.2. The van der Waals surface area contributed by atoms with Crippen LogP contribution in [0.25, 0.3) is 0 Å². The quantitative estimate of drug-likeness (QED) is 0.165. The summed E-state index contributed by atoms with van der Waals surface area (Å²) in [5.74, 6) is -0.842.